The Labute approximate surface area is 156 Å². The number of aryl methyl sites for hydroxylation is 1. The fraction of sp³-hybridized carbons (Fsp3) is 0.200. The molecule has 0 atom stereocenters. The lowest BCUT2D eigenvalue weighted by molar-refractivity contribution is -0.124. The van der Waals surface area contributed by atoms with Crippen LogP contribution in [-0.2, 0) is 20.9 Å². The Bertz CT molecular complexity index is 870. The molecule has 0 aliphatic rings. The van der Waals surface area contributed by atoms with Gasteiger partial charge in [-0.3, -0.25) is 9.59 Å². The van der Waals surface area contributed by atoms with E-state index in [1.807, 2.05) is 31.2 Å². The number of amides is 2. The minimum absolute atomic E-state index is 0.249. The molecule has 0 aliphatic heterocycles. The molecule has 27 heavy (non-hydrogen) atoms. The Morgan fingerprint density at radius 3 is 2.41 bits per heavy atom. The molecular formula is C20H19N3O4. The first-order valence-corrected chi connectivity index (χ1v) is 8.25. The number of nitriles is 1. The van der Waals surface area contributed by atoms with Crippen LogP contribution in [0.2, 0.25) is 0 Å². The monoisotopic (exact) mass is 365 g/mol. The van der Waals surface area contributed by atoms with Crippen LogP contribution < -0.4 is 10.6 Å². The van der Waals surface area contributed by atoms with Gasteiger partial charge in [0.25, 0.3) is 5.91 Å². The molecule has 2 amide bonds. The van der Waals surface area contributed by atoms with Crippen molar-refractivity contribution in [3.8, 4) is 6.07 Å². The van der Waals surface area contributed by atoms with Crippen LogP contribution in [-0.4, -0.2) is 24.4 Å². The van der Waals surface area contributed by atoms with Gasteiger partial charge in [-0.2, -0.15) is 5.26 Å². The lowest BCUT2D eigenvalue weighted by Crippen LogP contribution is -2.28. The molecule has 0 aromatic heterocycles. The predicted octanol–water partition coefficient (Wildman–Crippen LogP) is 2.32. The van der Waals surface area contributed by atoms with Crippen LogP contribution >= 0.6 is 0 Å². The standard InChI is InChI=1S/C20H19N3O4/c1-14-4-2-3-5-16(14)12-22-19(25)13-27-20(26)15-6-8-17(9-7-15)23-18(24)10-11-21/h2-9H,10,12-13H2,1H3,(H,22,25)(H,23,24). The minimum Gasteiger partial charge on any atom is -0.452 e. The Hall–Kier alpha value is -3.66. The molecule has 138 valence electrons. The number of carbonyl (C=O) groups excluding carboxylic acids is 3. The normalized spacial score (nSPS) is 9.78. The largest absolute Gasteiger partial charge is 0.452 e. The average molecular weight is 365 g/mol. The van der Waals surface area contributed by atoms with Crippen molar-refractivity contribution in [2.75, 3.05) is 11.9 Å². The topological polar surface area (TPSA) is 108 Å². The van der Waals surface area contributed by atoms with Gasteiger partial charge >= 0.3 is 5.97 Å². The second-order valence-electron chi connectivity index (χ2n) is 5.74. The lowest BCUT2D eigenvalue weighted by atomic mass is 10.1. The third kappa shape index (κ3) is 6.29. The van der Waals surface area contributed by atoms with E-state index in [4.69, 9.17) is 10.00 Å². The maximum absolute atomic E-state index is 12.0. The molecule has 0 aliphatic carbocycles. The molecule has 2 N–H and O–H groups in total. The van der Waals surface area contributed by atoms with Crippen LogP contribution in [0.5, 0.6) is 0 Å². The molecule has 2 aromatic rings. The van der Waals surface area contributed by atoms with E-state index in [9.17, 15) is 14.4 Å². The van der Waals surface area contributed by atoms with Crippen molar-refractivity contribution in [1.29, 1.82) is 5.26 Å². The predicted molar refractivity (Wildman–Crippen MR) is 98.6 cm³/mol. The third-order valence-electron chi connectivity index (χ3n) is 3.72. The van der Waals surface area contributed by atoms with Gasteiger partial charge in [-0.05, 0) is 42.3 Å². The van der Waals surface area contributed by atoms with Crippen molar-refractivity contribution in [2.45, 2.75) is 19.9 Å². The van der Waals surface area contributed by atoms with E-state index in [1.54, 1.807) is 6.07 Å². The van der Waals surface area contributed by atoms with Gasteiger partial charge in [0.15, 0.2) is 6.61 Å². The van der Waals surface area contributed by atoms with Crippen LogP contribution in [0.3, 0.4) is 0 Å². The van der Waals surface area contributed by atoms with Crippen molar-refractivity contribution in [1.82, 2.24) is 5.32 Å². The van der Waals surface area contributed by atoms with Gasteiger partial charge in [-0.1, -0.05) is 24.3 Å². The van der Waals surface area contributed by atoms with Crippen molar-refractivity contribution < 1.29 is 19.1 Å². The van der Waals surface area contributed by atoms with Crippen LogP contribution in [0.1, 0.15) is 27.9 Å². The number of esters is 1. The SMILES string of the molecule is Cc1ccccc1CNC(=O)COC(=O)c1ccc(NC(=O)CC#N)cc1. The number of rotatable bonds is 7. The van der Waals surface area contributed by atoms with Crippen molar-refractivity contribution in [2.24, 2.45) is 0 Å². The Balaban J connectivity index is 1.79. The van der Waals surface area contributed by atoms with E-state index >= 15 is 0 Å². The van der Waals surface area contributed by atoms with Crippen LogP contribution in [0.4, 0.5) is 5.69 Å². The molecule has 2 rings (SSSR count). The summed E-state index contributed by atoms with van der Waals surface area (Å²) in [6, 6.07) is 15.4. The molecular weight excluding hydrogens is 346 g/mol. The Morgan fingerprint density at radius 1 is 1.04 bits per heavy atom. The molecule has 0 spiro atoms. The van der Waals surface area contributed by atoms with E-state index in [1.165, 1.54) is 24.3 Å². The third-order valence-corrected chi connectivity index (χ3v) is 3.72. The maximum Gasteiger partial charge on any atom is 0.338 e. The summed E-state index contributed by atoms with van der Waals surface area (Å²) in [6.07, 6.45) is -0.249. The maximum atomic E-state index is 12.0. The molecule has 0 saturated carbocycles. The molecule has 0 bridgehead atoms. The van der Waals surface area contributed by atoms with Crippen LogP contribution in [0.25, 0.3) is 0 Å². The first-order chi connectivity index (χ1) is 13.0. The first-order valence-electron chi connectivity index (χ1n) is 8.25. The summed E-state index contributed by atoms with van der Waals surface area (Å²) < 4.78 is 4.99. The van der Waals surface area contributed by atoms with Crippen LogP contribution in [0.15, 0.2) is 48.5 Å². The summed E-state index contributed by atoms with van der Waals surface area (Å²) >= 11 is 0. The molecule has 0 fully saturated rings. The van der Waals surface area contributed by atoms with Gasteiger partial charge in [0.1, 0.15) is 6.42 Å². The minimum atomic E-state index is -0.643. The zero-order valence-electron chi connectivity index (χ0n) is 14.8. The first kappa shape index (κ1) is 19.7. The number of carbonyl (C=O) groups is 3. The van der Waals surface area contributed by atoms with Gasteiger partial charge in [-0.15, -0.1) is 0 Å². The van der Waals surface area contributed by atoms with E-state index in [-0.39, 0.29) is 18.6 Å². The number of anilines is 1. The zero-order valence-corrected chi connectivity index (χ0v) is 14.8. The second-order valence-corrected chi connectivity index (χ2v) is 5.74. The Kier molecular flexibility index (Phi) is 7.08. The summed E-state index contributed by atoms with van der Waals surface area (Å²) in [6.45, 7) is 1.93. The molecule has 0 heterocycles. The van der Waals surface area contributed by atoms with Gasteiger partial charge in [0.2, 0.25) is 5.91 Å². The van der Waals surface area contributed by atoms with Crippen molar-refractivity contribution in [3.63, 3.8) is 0 Å². The highest BCUT2D eigenvalue weighted by Gasteiger charge is 2.11. The summed E-state index contributed by atoms with van der Waals surface area (Å²) in [7, 11) is 0. The van der Waals surface area contributed by atoms with Crippen molar-refractivity contribution >= 4 is 23.5 Å². The quantitative estimate of drug-likeness (QED) is 0.732. The summed E-state index contributed by atoms with van der Waals surface area (Å²) in [5.74, 6) is -1.47. The van der Waals surface area contributed by atoms with E-state index in [0.717, 1.165) is 11.1 Å². The molecule has 0 unspecified atom stereocenters. The van der Waals surface area contributed by atoms with Gasteiger partial charge in [0.05, 0.1) is 11.6 Å². The van der Waals surface area contributed by atoms with Crippen molar-refractivity contribution in [3.05, 3.63) is 65.2 Å². The molecule has 7 nitrogen and oxygen atoms in total. The van der Waals surface area contributed by atoms with E-state index in [0.29, 0.717) is 12.2 Å². The zero-order chi connectivity index (χ0) is 19.6. The molecule has 0 radical (unpaired) electrons. The summed E-state index contributed by atoms with van der Waals surface area (Å²) in [5, 5.41) is 13.7. The summed E-state index contributed by atoms with van der Waals surface area (Å²) in [4.78, 5) is 35.1. The van der Waals surface area contributed by atoms with Crippen LogP contribution in [0, 0.1) is 18.3 Å². The Morgan fingerprint density at radius 2 is 1.74 bits per heavy atom. The van der Waals surface area contributed by atoms with Gasteiger partial charge < -0.3 is 15.4 Å². The van der Waals surface area contributed by atoms with Gasteiger partial charge in [-0.25, -0.2) is 4.79 Å². The fourth-order valence-electron chi connectivity index (χ4n) is 2.23. The summed E-state index contributed by atoms with van der Waals surface area (Å²) in [5.41, 5.74) is 2.77. The number of benzene rings is 2. The highest BCUT2D eigenvalue weighted by molar-refractivity contribution is 5.94. The average Bonchev–Trinajstić information content (AvgIpc) is 2.66. The highest BCUT2D eigenvalue weighted by Crippen LogP contribution is 2.11. The van der Waals surface area contributed by atoms with E-state index < -0.39 is 17.8 Å². The van der Waals surface area contributed by atoms with Gasteiger partial charge in [0, 0.05) is 12.2 Å². The highest BCUT2D eigenvalue weighted by atomic mass is 16.5. The number of hydrogen-bond acceptors (Lipinski definition) is 5. The van der Waals surface area contributed by atoms with E-state index in [2.05, 4.69) is 10.6 Å². The molecule has 0 saturated heterocycles. The number of nitrogens with one attached hydrogen (secondary N) is 2. The number of ether oxygens (including phenoxy) is 1. The fourth-order valence-corrected chi connectivity index (χ4v) is 2.23. The number of hydrogen-bond donors (Lipinski definition) is 2. The number of nitrogens with zero attached hydrogens (tertiary/aromatic N) is 1. The molecule has 7 heteroatoms. The molecule has 2 aromatic carbocycles. The second kappa shape index (κ2) is 9.73. The lowest BCUT2D eigenvalue weighted by Gasteiger charge is -2.09. The smallest absolute Gasteiger partial charge is 0.338 e.